The van der Waals surface area contributed by atoms with Gasteiger partial charge in [-0.3, -0.25) is 0 Å². The Labute approximate surface area is 121 Å². The second kappa shape index (κ2) is 5.54. The summed E-state index contributed by atoms with van der Waals surface area (Å²) >= 11 is 2.99. The normalized spacial score (nSPS) is 13.3. The lowest BCUT2D eigenvalue weighted by atomic mass is 9.94. The number of hydrogen-bond donors (Lipinski definition) is 1. The van der Waals surface area contributed by atoms with Crippen LogP contribution in [0.4, 0.5) is 17.6 Å². The highest BCUT2D eigenvalue weighted by Gasteiger charge is 2.35. The quantitative estimate of drug-likeness (QED) is 0.786. The largest absolute Gasteiger partial charge is 0.416 e. The van der Waals surface area contributed by atoms with Crippen LogP contribution in [0.2, 0.25) is 0 Å². The molecule has 2 aromatic rings. The van der Waals surface area contributed by atoms with Gasteiger partial charge in [-0.15, -0.1) is 0 Å². The minimum absolute atomic E-state index is 0.0103. The third-order valence-corrected chi connectivity index (χ3v) is 3.53. The molecule has 1 nitrogen and oxygen atoms in total. The maximum atomic E-state index is 14.0. The molecule has 0 aliphatic heterocycles. The number of halogens is 5. The summed E-state index contributed by atoms with van der Waals surface area (Å²) in [4.78, 5) is 0. The fourth-order valence-electron chi connectivity index (χ4n) is 1.95. The van der Waals surface area contributed by atoms with Crippen LogP contribution >= 0.6 is 15.9 Å². The van der Waals surface area contributed by atoms with Gasteiger partial charge in [-0.05, 0) is 33.6 Å². The molecule has 0 radical (unpaired) electrons. The molecule has 0 aliphatic carbocycles. The van der Waals surface area contributed by atoms with Gasteiger partial charge in [0, 0.05) is 5.56 Å². The van der Waals surface area contributed by atoms with E-state index in [1.165, 1.54) is 36.4 Å². The van der Waals surface area contributed by atoms with Gasteiger partial charge in [-0.2, -0.15) is 13.2 Å². The molecule has 2 N–H and O–H groups in total. The number of hydrogen-bond acceptors (Lipinski definition) is 1. The first-order valence-corrected chi connectivity index (χ1v) is 6.47. The number of benzene rings is 2. The van der Waals surface area contributed by atoms with Crippen LogP contribution in [-0.2, 0) is 6.18 Å². The summed E-state index contributed by atoms with van der Waals surface area (Å²) in [6, 6.07) is 8.08. The molecule has 0 spiro atoms. The zero-order valence-corrected chi connectivity index (χ0v) is 11.7. The van der Waals surface area contributed by atoms with E-state index in [-0.39, 0.29) is 15.6 Å². The second-order valence-electron chi connectivity index (χ2n) is 4.21. The molecule has 106 valence electrons. The molecule has 0 saturated carbocycles. The first kappa shape index (κ1) is 15.0. The van der Waals surface area contributed by atoms with Gasteiger partial charge in [0.15, 0.2) is 0 Å². The predicted octanol–water partition coefficient (Wildman–Crippen LogP) is 4.66. The summed E-state index contributed by atoms with van der Waals surface area (Å²) < 4.78 is 53.0. The third kappa shape index (κ3) is 2.86. The maximum Gasteiger partial charge on any atom is 0.416 e. The van der Waals surface area contributed by atoms with E-state index in [0.717, 1.165) is 6.07 Å². The Balaban J connectivity index is 2.55. The van der Waals surface area contributed by atoms with Gasteiger partial charge >= 0.3 is 6.18 Å². The Hall–Kier alpha value is -1.40. The number of alkyl halides is 3. The van der Waals surface area contributed by atoms with Crippen molar-refractivity contribution in [1.82, 2.24) is 0 Å². The Morgan fingerprint density at radius 2 is 1.55 bits per heavy atom. The number of rotatable bonds is 2. The van der Waals surface area contributed by atoms with Crippen LogP contribution in [0.15, 0.2) is 46.9 Å². The molecule has 0 aliphatic rings. The highest BCUT2D eigenvalue weighted by Crippen LogP contribution is 2.36. The lowest BCUT2D eigenvalue weighted by molar-refractivity contribution is -0.138. The van der Waals surface area contributed by atoms with Gasteiger partial charge in [-0.25, -0.2) is 4.39 Å². The van der Waals surface area contributed by atoms with Crippen molar-refractivity contribution >= 4 is 15.9 Å². The van der Waals surface area contributed by atoms with Crippen LogP contribution in [0.1, 0.15) is 22.7 Å². The molecule has 20 heavy (non-hydrogen) atoms. The topological polar surface area (TPSA) is 26.0 Å². The minimum Gasteiger partial charge on any atom is -0.320 e. The fraction of sp³-hybridized carbons (Fsp3) is 0.143. The van der Waals surface area contributed by atoms with Crippen molar-refractivity contribution in [2.75, 3.05) is 0 Å². The third-order valence-electron chi connectivity index (χ3n) is 2.92. The highest BCUT2D eigenvalue weighted by molar-refractivity contribution is 9.10. The van der Waals surface area contributed by atoms with Gasteiger partial charge in [0.1, 0.15) is 5.82 Å². The van der Waals surface area contributed by atoms with E-state index in [2.05, 4.69) is 15.9 Å². The molecule has 0 amide bonds. The Kier molecular flexibility index (Phi) is 4.15. The molecule has 1 atom stereocenters. The first-order chi connectivity index (χ1) is 9.32. The summed E-state index contributed by atoms with van der Waals surface area (Å²) in [6.45, 7) is 0. The van der Waals surface area contributed by atoms with Crippen molar-refractivity contribution in [2.45, 2.75) is 12.2 Å². The zero-order chi connectivity index (χ0) is 14.9. The van der Waals surface area contributed by atoms with Gasteiger partial charge in [-0.1, -0.05) is 30.3 Å². The molecule has 2 aromatic carbocycles. The highest BCUT2D eigenvalue weighted by atomic mass is 79.9. The van der Waals surface area contributed by atoms with Crippen molar-refractivity contribution in [3.05, 3.63) is 69.4 Å². The lowest BCUT2D eigenvalue weighted by Crippen LogP contribution is -2.19. The SMILES string of the molecule is NC(c1ccccc1C(F)(F)F)c1cccc(Br)c1F. The maximum absolute atomic E-state index is 14.0. The van der Waals surface area contributed by atoms with E-state index >= 15 is 0 Å². The van der Waals surface area contributed by atoms with Crippen LogP contribution in [0.25, 0.3) is 0 Å². The van der Waals surface area contributed by atoms with Gasteiger partial charge in [0.2, 0.25) is 0 Å². The van der Waals surface area contributed by atoms with E-state index in [1.807, 2.05) is 0 Å². The molecule has 0 aromatic heterocycles. The minimum atomic E-state index is -4.53. The molecule has 0 bridgehead atoms. The van der Waals surface area contributed by atoms with Gasteiger partial charge < -0.3 is 5.73 Å². The van der Waals surface area contributed by atoms with Crippen LogP contribution < -0.4 is 5.73 Å². The zero-order valence-electron chi connectivity index (χ0n) is 10.1. The van der Waals surface area contributed by atoms with Crippen LogP contribution in [0, 0.1) is 5.82 Å². The van der Waals surface area contributed by atoms with Crippen LogP contribution in [0.5, 0.6) is 0 Å². The summed E-state index contributed by atoms with van der Waals surface area (Å²) in [5, 5.41) is 0. The van der Waals surface area contributed by atoms with Crippen LogP contribution in [-0.4, -0.2) is 0 Å². The molecule has 0 fully saturated rings. The Morgan fingerprint density at radius 3 is 2.20 bits per heavy atom. The van der Waals surface area contributed by atoms with Crippen LogP contribution in [0.3, 0.4) is 0 Å². The lowest BCUT2D eigenvalue weighted by Gasteiger charge is -2.19. The monoisotopic (exact) mass is 347 g/mol. The number of nitrogens with two attached hydrogens (primary N) is 1. The van der Waals surface area contributed by atoms with E-state index < -0.39 is 23.6 Å². The van der Waals surface area contributed by atoms with E-state index in [1.54, 1.807) is 0 Å². The van der Waals surface area contributed by atoms with Crippen molar-refractivity contribution in [2.24, 2.45) is 5.73 Å². The van der Waals surface area contributed by atoms with E-state index in [0.29, 0.717) is 0 Å². The summed E-state index contributed by atoms with van der Waals surface area (Å²) in [6.07, 6.45) is -4.53. The molecule has 0 heterocycles. The second-order valence-corrected chi connectivity index (χ2v) is 5.06. The smallest absolute Gasteiger partial charge is 0.320 e. The van der Waals surface area contributed by atoms with Gasteiger partial charge in [0.05, 0.1) is 16.1 Å². The molecular formula is C14H10BrF4N. The van der Waals surface area contributed by atoms with Crippen molar-refractivity contribution in [1.29, 1.82) is 0 Å². The molecule has 6 heteroatoms. The fourth-order valence-corrected chi connectivity index (χ4v) is 2.34. The van der Waals surface area contributed by atoms with Crippen molar-refractivity contribution in [3.8, 4) is 0 Å². The van der Waals surface area contributed by atoms with Crippen molar-refractivity contribution < 1.29 is 17.6 Å². The molecule has 0 saturated heterocycles. The van der Waals surface area contributed by atoms with Gasteiger partial charge in [0.25, 0.3) is 0 Å². The van der Waals surface area contributed by atoms with Crippen molar-refractivity contribution in [3.63, 3.8) is 0 Å². The first-order valence-electron chi connectivity index (χ1n) is 5.68. The standard InChI is InChI=1S/C14H10BrF4N/c15-11-7-3-5-9(12(11)16)13(20)8-4-1-2-6-10(8)14(17,18)19/h1-7,13H,20H2. The van der Waals surface area contributed by atoms with E-state index in [4.69, 9.17) is 5.73 Å². The summed E-state index contributed by atoms with van der Waals surface area (Å²) in [5.41, 5.74) is 4.82. The molecule has 2 rings (SSSR count). The predicted molar refractivity (Wildman–Crippen MR) is 71.6 cm³/mol. The summed E-state index contributed by atoms with van der Waals surface area (Å²) in [7, 11) is 0. The Morgan fingerprint density at radius 1 is 0.950 bits per heavy atom. The average molecular weight is 348 g/mol. The average Bonchev–Trinajstić information content (AvgIpc) is 2.40. The summed E-state index contributed by atoms with van der Waals surface area (Å²) in [5.74, 6) is -0.656. The Bertz CT molecular complexity index is 625. The van der Waals surface area contributed by atoms with E-state index in [9.17, 15) is 17.6 Å². The molecule has 1 unspecified atom stereocenters. The molecular weight excluding hydrogens is 338 g/mol.